The lowest BCUT2D eigenvalue weighted by Crippen LogP contribution is -2.38. The molecule has 1 heterocycles. The molecule has 0 fully saturated rings. The zero-order chi connectivity index (χ0) is 14.5. The Morgan fingerprint density at radius 2 is 2.05 bits per heavy atom. The number of nitrogens with zero attached hydrogens (tertiary/aromatic N) is 1. The third-order valence-electron chi connectivity index (χ3n) is 3.38. The molecule has 5 nitrogen and oxygen atoms in total. The van der Waals surface area contributed by atoms with Crippen LogP contribution in [0.2, 0.25) is 0 Å². The summed E-state index contributed by atoms with van der Waals surface area (Å²) in [5, 5.41) is 11.7. The van der Waals surface area contributed by atoms with Crippen LogP contribution in [0.15, 0.2) is 30.5 Å². The molecule has 1 aromatic heterocycles. The van der Waals surface area contributed by atoms with Gasteiger partial charge in [-0.05, 0) is 18.9 Å². The van der Waals surface area contributed by atoms with Gasteiger partial charge in [-0.15, -0.1) is 0 Å². The Labute approximate surface area is 115 Å². The fraction of sp³-hybridized carbons (Fsp3) is 0.357. The summed E-state index contributed by atoms with van der Waals surface area (Å²) in [7, 11) is 0. The van der Waals surface area contributed by atoms with Crippen molar-refractivity contribution in [3.8, 4) is 0 Å². The molecule has 106 valence electrons. The summed E-state index contributed by atoms with van der Waals surface area (Å²) in [6, 6.07) is 3.10. The molecule has 6 heteroatoms. The van der Waals surface area contributed by atoms with Crippen LogP contribution in [0.25, 0.3) is 0 Å². The van der Waals surface area contributed by atoms with Crippen LogP contribution < -0.4 is 5.32 Å². The third-order valence-corrected chi connectivity index (χ3v) is 3.38. The van der Waals surface area contributed by atoms with Gasteiger partial charge in [0.1, 0.15) is 0 Å². The Bertz CT molecular complexity index is 545. The maximum atomic E-state index is 13.3. The first-order valence-electron chi connectivity index (χ1n) is 6.34. The molecule has 0 bridgehead atoms. The van der Waals surface area contributed by atoms with Gasteiger partial charge < -0.3 is 10.4 Å². The Hall–Kier alpha value is -2.24. The molecule has 0 radical (unpaired) electrons. The van der Waals surface area contributed by atoms with E-state index in [0.717, 1.165) is 0 Å². The van der Waals surface area contributed by atoms with Crippen molar-refractivity contribution in [1.29, 1.82) is 0 Å². The third kappa shape index (κ3) is 3.20. The summed E-state index contributed by atoms with van der Waals surface area (Å²) in [5.74, 6) is -3.32. The molecule has 2 rings (SSSR count). The monoisotopic (exact) mass is 278 g/mol. The topological polar surface area (TPSA) is 79.3 Å². The van der Waals surface area contributed by atoms with E-state index in [2.05, 4.69) is 10.3 Å². The highest BCUT2D eigenvalue weighted by Gasteiger charge is 2.33. The van der Waals surface area contributed by atoms with Crippen LogP contribution in [-0.4, -0.2) is 22.0 Å². The maximum Gasteiger partial charge on any atom is 0.307 e. The van der Waals surface area contributed by atoms with Gasteiger partial charge in [0.15, 0.2) is 0 Å². The van der Waals surface area contributed by atoms with Gasteiger partial charge in [0, 0.05) is 18.3 Å². The quantitative estimate of drug-likeness (QED) is 0.646. The number of rotatable bonds is 4. The fourth-order valence-electron chi connectivity index (χ4n) is 2.24. The number of pyridine rings is 1. The first-order valence-corrected chi connectivity index (χ1v) is 6.34. The number of aliphatic carboxylic acids is 1. The molecular weight excluding hydrogens is 263 g/mol. The predicted octanol–water partition coefficient (Wildman–Crippen LogP) is 1.50. The summed E-state index contributed by atoms with van der Waals surface area (Å²) in [5.41, 5.74) is 0.277. The van der Waals surface area contributed by atoms with Crippen LogP contribution in [0.4, 0.5) is 4.39 Å². The van der Waals surface area contributed by atoms with Gasteiger partial charge in [-0.2, -0.15) is 4.39 Å². The van der Waals surface area contributed by atoms with Crippen molar-refractivity contribution >= 4 is 11.9 Å². The molecule has 20 heavy (non-hydrogen) atoms. The van der Waals surface area contributed by atoms with E-state index >= 15 is 0 Å². The van der Waals surface area contributed by atoms with E-state index in [1.807, 2.05) is 0 Å². The fourth-order valence-corrected chi connectivity index (χ4v) is 2.24. The summed E-state index contributed by atoms with van der Waals surface area (Å²) < 4.78 is 13.3. The number of amides is 1. The average Bonchev–Trinajstić information content (AvgIpc) is 2.46. The van der Waals surface area contributed by atoms with Gasteiger partial charge in [0.05, 0.1) is 11.8 Å². The minimum Gasteiger partial charge on any atom is -0.481 e. The first kappa shape index (κ1) is 14.2. The van der Waals surface area contributed by atoms with Crippen molar-refractivity contribution in [3.05, 3.63) is 42.0 Å². The highest BCUT2D eigenvalue weighted by Crippen LogP contribution is 2.26. The van der Waals surface area contributed by atoms with Crippen LogP contribution >= 0.6 is 0 Å². The molecule has 2 atom stereocenters. The van der Waals surface area contributed by atoms with Crippen molar-refractivity contribution in [2.24, 2.45) is 11.8 Å². The molecule has 0 aliphatic heterocycles. The van der Waals surface area contributed by atoms with Gasteiger partial charge >= 0.3 is 5.97 Å². The van der Waals surface area contributed by atoms with Crippen LogP contribution in [0.1, 0.15) is 18.4 Å². The number of hydrogen-bond donors (Lipinski definition) is 2. The van der Waals surface area contributed by atoms with E-state index in [-0.39, 0.29) is 18.0 Å². The van der Waals surface area contributed by atoms with Crippen molar-refractivity contribution in [2.75, 3.05) is 0 Å². The van der Waals surface area contributed by atoms with Crippen molar-refractivity contribution in [1.82, 2.24) is 10.3 Å². The van der Waals surface area contributed by atoms with Gasteiger partial charge in [-0.1, -0.05) is 18.2 Å². The van der Waals surface area contributed by atoms with Gasteiger partial charge in [0.25, 0.3) is 0 Å². The molecule has 1 aliphatic rings. The summed E-state index contributed by atoms with van der Waals surface area (Å²) >= 11 is 0. The number of halogens is 1. The lowest BCUT2D eigenvalue weighted by molar-refractivity contribution is -0.147. The molecule has 0 aromatic carbocycles. The second-order valence-electron chi connectivity index (χ2n) is 4.67. The second kappa shape index (κ2) is 6.27. The van der Waals surface area contributed by atoms with Crippen LogP contribution in [0.5, 0.6) is 0 Å². The lowest BCUT2D eigenvalue weighted by Gasteiger charge is -2.24. The molecule has 2 N–H and O–H groups in total. The number of nitrogens with one attached hydrogen (secondary N) is 1. The number of carboxylic acid groups (broad SMARTS) is 1. The van der Waals surface area contributed by atoms with Gasteiger partial charge in [-0.3, -0.25) is 9.59 Å². The zero-order valence-corrected chi connectivity index (χ0v) is 10.8. The van der Waals surface area contributed by atoms with Crippen molar-refractivity contribution in [2.45, 2.75) is 19.4 Å². The summed E-state index contributed by atoms with van der Waals surface area (Å²) in [6.45, 7) is 0.00502. The smallest absolute Gasteiger partial charge is 0.307 e. The zero-order valence-electron chi connectivity index (χ0n) is 10.8. The number of allylic oxidation sites excluding steroid dienone is 2. The minimum absolute atomic E-state index is 0.00502. The maximum absolute atomic E-state index is 13.3. The van der Waals surface area contributed by atoms with E-state index in [1.54, 1.807) is 18.2 Å². The molecule has 1 amide bonds. The van der Waals surface area contributed by atoms with Gasteiger partial charge in [0.2, 0.25) is 11.9 Å². The van der Waals surface area contributed by atoms with E-state index < -0.39 is 23.8 Å². The largest absolute Gasteiger partial charge is 0.481 e. The van der Waals surface area contributed by atoms with Gasteiger partial charge in [-0.25, -0.2) is 4.98 Å². The Morgan fingerprint density at radius 1 is 1.35 bits per heavy atom. The number of carboxylic acids is 1. The highest BCUT2D eigenvalue weighted by molar-refractivity contribution is 5.85. The Morgan fingerprint density at radius 3 is 2.70 bits per heavy atom. The van der Waals surface area contributed by atoms with Crippen molar-refractivity contribution < 1.29 is 19.1 Å². The highest BCUT2D eigenvalue weighted by atomic mass is 19.1. The van der Waals surface area contributed by atoms with E-state index in [0.29, 0.717) is 12.8 Å². The molecule has 1 aromatic rings. The number of hydrogen-bond acceptors (Lipinski definition) is 3. The Balaban J connectivity index is 1.99. The normalized spacial score (nSPS) is 21.4. The lowest BCUT2D eigenvalue weighted by atomic mass is 9.82. The second-order valence-corrected chi connectivity index (χ2v) is 4.67. The van der Waals surface area contributed by atoms with E-state index in [9.17, 15) is 14.0 Å². The Kier molecular flexibility index (Phi) is 4.45. The number of carbonyl (C=O) groups excluding carboxylic acids is 1. The molecule has 0 saturated heterocycles. The number of aromatic nitrogens is 1. The standard InChI is InChI=1S/C14H15FN2O3/c15-12-9(4-3-7-16-12)8-17-13(18)10-5-1-2-6-11(10)14(19)20/h1-4,7,10-11H,5-6,8H2,(H,17,18)(H,19,20)/t10-,11+/m0/s1. The average molecular weight is 278 g/mol. The van der Waals surface area contributed by atoms with Crippen LogP contribution in [-0.2, 0) is 16.1 Å². The predicted molar refractivity (Wildman–Crippen MR) is 69.0 cm³/mol. The summed E-state index contributed by atoms with van der Waals surface area (Å²) in [6.07, 6.45) is 5.62. The SMILES string of the molecule is O=C(NCc1cccnc1F)[C@H]1CC=CC[C@H]1C(=O)O. The van der Waals surface area contributed by atoms with Crippen LogP contribution in [0.3, 0.4) is 0 Å². The molecular formula is C14H15FN2O3. The molecule has 1 aliphatic carbocycles. The van der Waals surface area contributed by atoms with Crippen LogP contribution in [0, 0.1) is 17.8 Å². The van der Waals surface area contributed by atoms with E-state index in [1.165, 1.54) is 12.3 Å². The molecule has 0 spiro atoms. The van der Waals surface area contributed by atoms with E-state index in [4.69, 9.17) is 5.11 Å². The summed E-state index contributed by atoms with van der Waals surface area (Å²) in [4.78, 5) is 26.6. The number of carbonyl (C=O) groups is 2. The first-order chi connectivity index (χ1) is 9.59. The minimum atomic E-state index is -0.984. The van der Waals surface area contributed by atoms with Crippen molar-refractivity contribution in [3.63, 3.8) is 0 Å². The molecule has 0 unspecified atom stereocenters. The molecule has 0 saturated carbocycles.